The number of carbonyl (C=O) groups is 1. The second-order valence-corrected chi connectivity index (χ2v) is 4.53. The smallest absolute Gasteiger partial charge is 0.437 e. The Labute approximate surface area is 119 Å². The predicted molar refractivity (Wildman–Crippen MR) is 63.9 cm³/mol. The summed E-state index contributed by atoms with van der Waals surface area (Å²) in [6.45, 7) is 0. The molecule has 0 aliphatic heterocycles. The van der Waals surface area contributed by atoms with Crippen LogP contribution in [-0.2, 0) is 6.18 Å². The molecule has 0 radical (unpaired) electrons. The zero-order valence-corrected chi connectivity index (χ0v) is 10.8. The summed E-state index contributed by atoms with van der Waals surface area (Å²) >= 11 is 11.4. The van der Waals surface area contributed by atoms with Gasteiger partial charge in [-0.1, -0.05) is 23.2 Å². The molecule has 2 rings (SSSR count). The van der Waals surface area contributed by atoms with Gasteiger partial charge >= 0.3 is 12.1 Å². The van der Waals surface area contributed by atoms with E-state index >= 15 is 0 Å². The molecule has 0 fully saturated rings. The molecule has 1 heterocycles. The molecule has 0 spiro atoms. The topological polar surface area (TPSA) is 63.3 Å². The fourth-order valence-corrected chi connectivity index (χ4v) is 1.98. The number of nitrogens with zero attached hydrogens (tertiary/aromatic N) is 1. The van der Waals surface area contributed by atoms with E-state index in [0.29, 0.717) is 0 Å². The van der Waals surface area contributed by atoms with Crippen molar-refractivity contribution in [3.05, 3.63) is 39.7 Å². The van der Waals surface area contributed by atoms with Crippen LogP contribution in [0.3, 0.4) is 0 Å². The predicted octanol–water partition coefficient (Wildman–Crippen LogP) is 4.37. The molecule has 20 heavy (non-hydrogen) atoms. The Morgan fingerprint density at radius 1 is 1.20 bits per heavy atom. The largest absolute Gasteiger partial charge is 0.475 e. The van der Waals surface area contributed by atoms with Gasteiger partial charge in [-0.3, -0.25) is 0 Å². The van der Waals surface area contributed by atoms with Crippen molar-refractivity contribution in [1.29, 1.82) is 0 Å². The Bertz CT molecular complexity index is 662. The molecule has 1 N–H and O–H groups in total. The number of carboxylic acids is 1. The van der Waals surface area contributed by atoms with Crippen LogP contribution in [0, 0.1) is 0 Å². The number of benzene rings is 1. The molecule has 0 aliphatic carbocycles. The van der Waals surface area contributed by atoms with Gasteiger partial charge < -0.3 is 9.52 Å². The number of hydrogen-bond acceptors (Lipinski definition) is 3. The van der Waals surface area contributed by atoms with Gasteiger partial charge in [-0.2, -0.15) is 13.2 Å². The van der Waals surface area contributed by atoms with Crippen molar-refractivity contribution < 1.29 is 27.5 Å². The van der Waals surface area contributed by atoms with E-state index in [9.17, 15) is 18.0 Å². The van der Waals surface area contributed by atoms with Crippen molar-refractivity contribution in [2.45, 2.75) is 6.18 Å². The summed E-state index contributed by atoms with van der Waals surface area (Å²) < 4.78 is 42.6. The van der Waals surface area contributed by atoms with Crippen LogP contribution in [0.4, 0.5) is 13.2 Å². The van der Waals surface area contributed by atoms with E-state index in [1.807, 2.05) is 0 Å². The van der Waals surface area contributed by atoms with Gasteiger partial charge in [0.2, 0.25) is 11.7 Å². The minimum atomic E-state index is -4.95. The number of aromatic nitrogens is 1. The number of hydrogen-bond donors (Lipinski definition) is 1. The number of alkyl halides is 3. The van der Waals surface area contributed by atoms with E-state index in [4.69, 9.17) is 28.3 Å². The fourth-order valence-electron chi connectivity index (χ4n) is 1.46. The van der Waals surface area contributed by atoms with Gasteiger partial charge in [-0.25, -0.2) is 9.78 Å². The van der Waals surface area contributed by atoms with Crippen molar-refractivity contribution in [3.63, 3.8) is 0 Å². The average molecular weight is 326 g/mol. The van der Waals surface area contributed by atoms with Crippen molar-refractivity contribution >= 4 is 29.2 Å². The normalized spacial score (nSPS) is 11.7. The Hall–Kier alpha value is -1.73. The van der Waals surface area contributed by atoms with Crippen LogP contribution >= 0.6 is 23.2 Å². The van der Waals surface area contributed by atoms with Gasteiger partial charge in [0, 0.05) is 15.6 Å². The van der Waals surface area contributed by atoms with E-state index in [-0.39, 0.29) is 15.6 Å². The first-order valence-corrected chi connectivity index (χ1v) is 5.72. The van der Waals surface area contributed by atoms with Gasteiger partial charge in [-0.15, -0.1) is 0 Å². The molecular formula is C11H4Cl2F3NO3. The Balaban J connectivity index is 2.62. The monoisotopic (exact) mass is 325 g/mol. The van der Waals surface area contributed by atoms with E-state index in [2.05, 4.69) is 9.40 Å². The van der Waals surface area contributed by atoms with Crippen molar-refractivity contribution in [3.8, 4) is 11.5 Å². The quantitative estimate of drug-likeness (QED) is 0.890. The average Bonchev–Trinajstić information content (AvgIpc) is 2.71. The maximum absolute atomic E-state index is 12.7. The molecule has 0 bridgehead atoms. The summed E-state index contributed by atoms with van der Waals surface area (Å²) in [5, 5.41) is 9.01. The van der Waals surface area contributed by atoms with Crippen molar-refractivity contribution in [2.24, 2.45) is 0 Å². The third kappa shape index (κ3) is 2.88. The molecular weight excluding hydrogens is 322 g/mol. The van der Waals surface area contributed by atoms with E-state index in [1.165, 1.54) is 18.2 Å². The maximum atomic E-state index is 12.7. The molecule has 0 unspecified atom stereocenters. The molecule has 106 valence electrons. The SMILES string of the molecule is O=C(O)c1oc(-c2cc(Cl)cc(Cl)c2)nc1C(F)(F)F. The van der Waals surface area contributed by atoms with E-state index in [1.54, 1.807) is 0 Å². The van der Waals surface area contributed by atoms with Crippen LogP contribution in [0.2, 0.25) is 10.0 Å². The molecule has 9 heteroatoms. The summed E-state index contributed by atoms with van der Waals surface area (Å²) in [7, 11) is 0. The van der Waals surface area contributed by atoms with Crippen LogP contribution < -0.4 is 0 Å². The summed E-state index contributed by atoms with van der Waals surface area (Å²) in [5.41, 5.74) is -1.57. The summed E-state index contributed by atoms with van der Waals surface area (Å²) in [5.74, 6) is -3.69. The summed E-state index contributed by atoms with van der Waals surface area (Å²) in [4.78, 5) is 13.9. The number of aromatic carboxylic acids is 1. The Morgan fingerprint density at radius 3 is 2.15 bits per heavy atom. The third-order valence-electron chi connectivity index (χ3n) is 2.20. The molecule has 4 nitrogen and oxygen atoms in total. The van der Waals surface area contributed by atoms with Gasteiger partial charge in [-0.05, 0) is 18.2 Å². The maximum Gasteiger partial charge on any atom is 0.437 e. The number of halogens is 5. The Morgan fingerprint density at radius 2 is 1.75 bits per heavy atom. The van der Waals surface area contributed by atoms with E-state index in [0.717, 1.165) is 0 Å². The number of oxazole rings is 1. The summed E-state index contributed by atoms with van der Waals surface area (Å²) in [6, 6.07) is 3.87. The lowest BCUT2D eigenvalue weighted by Crippen LogP contribution is -2.11. The van der Waals surface area contributed by atoms with Gasteiger partial charge in [0.1, 0.15) is 0 Å². The Kier molecular flexibility index (Phi) is 3.66. The minimum Gasteiger partial charge on any atom is -0.475 e. The highest BCUT2D eigenvalue weighted by Gasteiger charge is 2.41. The first-order valence-electron chi connectivity index (χ1n) is 4.96. The van der Waals surface area contributed by atoms with E-state index < -0.39 is 29.5 Å². The lowest BCUT2D eigenvalue weighted by molar-refractivity contribution is -0.141. The standard InChI is InChI=1S/C11H4Cl2F3NO3/c12-5-1-4(2-6(13)3-5)9-17-8(11(14,15)16)7(20-9)10(18)19/h1-3H,(H,18,19). The molecule has 0 saturated heterocycles. The van der Waals surface area contributed by atoms with Crippen LogP contribution in [0.25, 0.3) is 11.5 Å². The second-order valence-electron chi connectivity index (χ2n) is 3.66. The lowest BCUT2D eigenvalue weighted by Gasteiger charge is -2.00. The van der Waals surface area contributed by atoms with Crippen LogP contribution in [-0.4, -0.2) is 16.1 Å². The number of rotatable bonds is 2. The molecule has 0 aliphatic rings. The molecule has 1 aromatic carbocycles. The van der Waals surface area contributed by atoms with Crippen LogP contribution in [0.5, 0.6) is 0 Å². The van der Waals surface area contributed by atoms with Gasteiger partial charge in [0.15, 0.2) is 5.69 Å². The molecule has 0 atom stereocenters. The lowest BCUT2D eigenvalue weighted by atomic mass is 10.2. The van der Waals surface area contributed by atoms with Crippen LogP contribution in [0.15, 0.2) is 22.6 Å². The fraction of sp³-hybridized carbons (Fsp3) is 0.0909. The molecule has 2 aromatic rings. The van der Waals surface area contributed by atoms with Crippen molar-refractivity contribution in [2.75, 3.05) is 0 Å². The molecule has 0 saturated carbocycles. The number of carboxylic acid groups (broad SMARTS) is 1. The molecule has 1 aromatic heterocycles. The molecule has 0 amide bonds. The van der Waals surface area contributed by atoms with Crippen LogP contribution in [0.1, 0.15) is 16.2 Å². The second kappa shape index (κ2) is 4.99. The van der Waals surface area contributed by atoms with Gasteiger partial charge in [0.25, 0.3) is 0 Å². The highest BCUT2D eigenvalue weighted by molar-refractivity contribution is 6.35. The zero-order chi connectivity index (χ0) is 15.1. The van der Waals surface area contributed by atoms with Gasteiger partial charge in [0.05, 0.1) is 0 Å². The minimum absolute atomic E-state index is 0.0421. The first-order chi connectivity index (χ1) is 9.18. The highest BCUT2D eigenvalue weighted by Crippen LogP contribution is 2.35. The summed E-state index contributed by atoms with van der Waals surface area (Å²) in [6.07, 6.45) is -4.95. The van der Waals surface area contributed by atoms with Crippen molar-refractivity contribution in [1.82, 2.24) is 4.98 Å². The third-order valence-corrected chi connectivity index (χ3v) is 2.64. The zero-order valence-electron chi connectivity index (χ0n) is 9.33. The highest BCUT2D eigenvalue weighted by atomic mass is 35.5. The first kappa shape index (κ1) is 14.7.